The third kappa shape index (κ3) is 3.77. The van der Waals surface area contributed by atoms with Crippen LogP contribution in [0.5, 0.6) is 0 Å². The van der Waals surface area contributed by atoms with E-state index in [1.807, 2.05) is 60.7 Å². The minimum Gasteiger partial charge on any atom is -0.457 e. The Hall–Kier alpha value is -3.34. The summed E-state index contributed by atoms with van der Waals surface area (Å²) in [6, 6.07) is 18.9. The molecule has 136 valence electrons. The molecule has 0 bridgehead atoms. The molecule has 2 aromatic carbocycles. The maximum absolute atomic E-state index is 12.5. The monoisotopic (exact) mass is 360 g/mol. The van der Waals surface area contributed by atoms with Gasteiger partial charge in [-0.25, -0.2) is 0 Å². The van der Waals surface area contributed by atoms with E-state index in [0.717, 1.165) is 11.0 Å². The third-order valence-corrected chi connectivity index (χ3v) is 4.73. The minimum atomic E-state index is -0.0673. The standard InChI is InChI=1S/C22H20N2O3/c25-21(11-10-19-16-18-8-4-5-9-20(18)27-19)23-12-14-24(15-13-23)22(26)17-6-2-1-3-7-17/h1-11,16H,12-15H2/b11-10+. The van der Waals surface area contributed by atoms with Gasteiger partial charge < -0.3 is 14.2 Å². The summed E-state index contributed by atoms with van der Waals surface area (Å²) in [5.74, 6) is 0.602. The zero-order chi connectivity index (χ0) is 18.6. The van der Waals surface area contributed by atoms with Crippen molar-refractivity contribution in [3.8, 4) is 0 Å². The van der Waals surface area contributed by atoms with Gasteiger partial charge in [0.2, 0.25) is 5.91 Å². The molecule has 27 heavy (non-hydrogen) atoms. The van der Waals surface area contributed by atoms with Crippen molar-refractivity contribution in [2.75, 3.05) is 26.2 Å². The van der Waals surface area contributed by atoms with Gasteiger partial charge in [-0.05, 0) is 30.3 Å². The molecule has 1 aromatic heterocycles. The first-order valence-electron chi connectivity index (χ1n) is 9.00. The number of para-hydroxylation sites is 1. The fraction of sp³-hybridized carbons (Fsp3) is 0.182. The predicted octanol–water partition coefficient (Wildman–Crippen LogP) is 3.43. The first-order valence-corrected chi connectivity index (χ1v) is 9.00. The van der Waals surface area contributed by atoms with Crippen molar-refractivity contribution < 1.29 is 14.0 Å². The fourth-order valence-electron chi connectivity index (χ4n) is 3.24. The number of furan rings is 1. The Labute approximate surface area is 157 Å². The number of rotatable bonds is 3. The van der Waals surface area contributed by atoms with Crippen LogP contribution >= 0.6 is 0 Å². The van der Waals surface area contributed by atoms with Crippen molar-refractivity contribution in [2.45, 2.75) is 0 Å². The van der Waals surface area contributed by atoms with Crippen LogP contribution in [0.1, 0.15) is 16.1 Å². The van der Waals surface area contributed by atoms with E-state index in [0.29, 0.717) is 37.5 Å². The van der Waals surface area contributed by atoms with Crippen LogP contribution in [0.2, 0.25) is 0 Å². The molecule has 4 rings (SSSR count). The van der Waals surface area contributed by atoms with Crippen LogP contribution in [0.25, 0.3) is 17.0 Å². The SMILES string of the molecule is O=C(/C=C/c1cc2ccccc2o1)N1CCN(C(=O)c2ccccc2)CC1. The van der Waals surface area contributed by atoms with Gasteiger partial charge in [0.05, 0.1) is 0 Å². The number of fused-ring (bicyclic) bond motifs is 1. The average Bonchev–Trinajstić information content (AvgIpc) is 3.15. The van der Waals surface area contributed by atoms with Gasteiger partial charge in [0.1, 0.15) is 11.3 Å². The molecule has 0 unspecified atom stereocenters. The summed E-state index contributed by atoms with van der Waals surface area (Å²) in [6.07, 6.45) is 3.23. The molecule has 0 saturated carbocycles. The van der Waals surface area contributed by atoms with Gasteiger partial charge in [0.25, 0.3) is 5.91 Å². The predicted molar refractivity (Wildman–Crippen MR) is 104 cm³/mol. The second kappa shape index (κ2) is 7.50. The summed E-state index contributed by atoms with van der Waals surface area (Å²) in [7, 11) is 0. The van der Waals surface area contributed by atoms with Crippen LogP contribution in [0.4, 0.5) is 0 Å². The molecule has 1 aliphatic heterocycles. The van der Waals surface area contributed by atoms with Crippen LogP contribution in [-0.4, -0.2) is 47.8 Å². The average molecular weight is 360 g/mol. The van der Waals surface area contributed by atoms with Crippen molar-refractivity contribution in [2.24, 2.45) is 0 Å². The normalized spacial score (nSPS) is 14.8. The molecule has 2 heterocycles. The number of hydrogen-bond donors (Lipinski definition) is 0. The number of nitrogens with zero attached hydrogens (tertiary/aromatic N) is 2. The summed E-state index contributed by atoms with van der Waals surface area (Å²) >= 11 is 0. The lowest BCUT2D eigenvalue weighted by Crippen LogP contribution is -2.50. The first-order chi connectivity index (χ1) is 13.2. The van der Waals surface area contributed by atoms with Crippen LogP contribution in [-0.2, 0) is 4.79 Å². The fourth-order valence-corrected chi connectivity index (χ4v) is 3.24. The highest BCUT2D eigenvalue weighted by Gasteiger charge is 2.23. The van der Waals surface area contributed by atoms with Gasteiger partial charge >= 0.3 is 0 Å². The molecule has 5 nitrogen and oxygen atoms in total. The Morgan fingerprint density at radius 1 is 0.852 bits per heavy atom. The molecule has 1 fully saturated rings. The molecule has 0 spiro atoms. The van der Waals surface area contributed by atoms with E-state index in [2.05, 4.69) is 0 Å². The van der Waals surface area contributed by atoms with Crippen LogP contribution in [0.15, 0.2) is 71.2 Å². The van der Waals surface area contributed by atoms with Crippen LogP contribution in [0.3, 0.4) is 0 Å². The van der Waals surface area contributed by atoms with Crippen LogP contribution in [0, 0.1) is 0 Å². The van der Waals surface area contributed by atoms with Crippen molar-refractivity contribution in [1.82, 2.24) is 9.80 Å². The lowest BCUT2D eigenvalue weighted by atomic mass is 10.2. The number of benzene rings is 2. The molecular weight excluding hydrogens is 340 g/mol. The highest BCUT2D eigenvalue weighted by atomic mass is 16.3. The molecule has 3 aromatic rings. The summed E-state index contributed by atoms with van der Waals surface area (Å²) in [5, 5.41) is 1.01. The van der Waals surface area contributed by atoms with Crippen LogP contribution < -0.4 is 0 Å². The molecule has 2 amide bonds. The highest BCUT2D eigenvalue weighted by molar-refractivity contribution is 5.95. The Morgan fingerprint density at radius 2 is 1.52 bits per heavy atom. The lowest BCUT2D eigenvalue weighted by molar-refractivity contribution is -0.127. The quantitative estimate of drug-likeness (QED) is 0.673. The molecule has 0 N–H and O–H groups in total. The molecule has 1 aliphatic rings. The van der Waals surface area contributed by atoms with E-state index in [1.54, 1.807) is 15.9 Å². The van der Waals surface area contributed by atoms with Gasteiger partial charge in [-0.1, -0.05) is 36.4 Å². The van der Waals surface area contributed by atoms with E-state index in [9.17, 15) is 9.59 Å². The molecule has 1 saturated heterocycles. The van der Waals surface area contributed by atoms with Gasteiger partial charge in [0, 0.05) is 43.2 Å². The van der Waals surface area contributed by atoms with Gasteiger partial charge in [-0.3, -0.25) is 9.59 Å². The van der Waals surface area contributed by atoms with Gasteiger partial charge in [-0.15, -0.1) is 0 Å². The number of amides is 2. The Balaban J connectivity index is 1.35. The van der Waals surface area contributed by atoms with Crippen molar-refractivity contribution in [3.05, 3.63) is 78.1 Å². The largest absolute Gasteiger partial charge is 0.457 e. The Morgan fingerprint density at radius 3 is 2.26 bits per heavy atom. The molecule has 0 aliphatic carbocycles. The molecule has 0 atom stereocenters. The summed E-state index contributed by atoms with van der Waals surface area (Å²) in [6.45, 7) is 2.14. The zero-order valence-corrected chi connectivity index (χ0v) is 14.9. The zero-order valence-electron chi connectivity index (χ0n) is 14.9. The first kappa shape index (κ1) is 17.1. The smallest absolute Gasteiger partial charge is 0.253 e. The second-order valence-electron chi connectivity index (χ2n) is 6.50. The van der Waals surface area contributed by atoms with E-state index >= 15 is 0 Å². The third-order valence-electron chi connectivity index (χ3n) is 4.73. The number of carbonyl (C=O) groups is 2. The van der Waals surface area contributed by atoms with Gasteiger partial charge in [-0.2, -0.15) is 0 Å². The van der Waals surface area contributed by atoms with E-state index < -0.39 is 0 Å². The van der Waals surface area contributed by atoms with E-state index in [4.69, 9.17) is 4.42 Å². The summed E-state index contributed by atoms with van der Waals surface area (Å²) in [4.78, 5) is 28.4. The molecule has 5 heteroatoms. The van der Waals surface area contributed by atoms with Crippen molar-refractivity contribution >= 4 is 28.9 Å². The van der Waals surface area contributed by atoms with E-state index in [1.165, 1.54) is 6.08 Å². The topological polar surface area (TPSA) is 53.8 Å². The minimum absolute atomic E-state index is 0.0144. The highest BCUT2D eigenvalue weighted by Crippen LogP contribution is 2.19. The van der Waals surface area contributed by atoms with Gasteiger partial charge in [0.15, 0.2) is 0 Å². The maximum atomic E-state index is 12.5. The number of hydrogen-bond acceptors (Lipinski definition) is 3. The summed E-state index contributed by atoms with van der Waals surface area (Å²) in [5.41, 5.74) is 1.49. The molecular formula is C22H20N2O3. The molecule has 0 radical (unpaired) electrons. The maximum Gasteiger partial charge on any atom is 0.253 e. The second-order valence-corrected chi connectivity index (χ2v) is 6.50. The van der Waals surface area contributed by atoms with E-state index in [-0.39, 0.29) is 11.8 Å². The van der Waals surface area contributed by atoms with Crippen molar-refractivity contribution in [1.29, 1.82) is 0 Å². The number of piperazine rings is 1. The number of carbonyl (C=O) groups excluding carboxylic acids is 2. The Bertz CT molecular complexity index is 950. The summed E-state index contributed by atoms with van der Waals surface area (Å²) < 4.78 is 5.69. The lowest BCUT2D eigenvalue weighted by Gasteiger charge is -2.34. The van der Waals surface area contributed by atoms with Crippen molar-refractivity contribution in [3.63, 3.8) is 0 Å². The Kier molecular flexibility index (Phi) is 4.75.